The number of hydrogen-bond donors (Lipinski definition) is 0. The number of rotatable bonds is 4. The Morgan fingerprint density at radius 1 is 0.441 bits per heavy atom. The number of benzene rings is 4. The van der Waals surface area contributed by atoms with Crippen LogP contribution in [0.5, 0.6) is 0 Å². The van der Waals surface area contributed by atoms with E-state index in [4.69, 9.17) is 0 Å². The molecule has 4 heteroatoms. The van der Waals surface area contributed by atoms with Crippen molar-refractivity contribution in [3.8, 4) is 0 Å². The monoisotopic (exact) mass is 468 g/mol. The van der Waals surface area contributed by atoms with Gasteiger partial charge >= 0.3 is 5.80 Å². The second kappa shape index (κ2) is 8.62. The maximum absolute atomic E-state index is 15.4. The van der Waals surface area contributed by atoms with Gasteiger partial charge in [0.05, 0.1) is 0 Å². The summed E-state index contributed by atoms with van der Waals surface area (Å²) < 4.78 is 46.2. The van der Waals surface area contributed by atoms with Gasteiger partial charge in [0.15, 0.2) is 0 Å². The molecule has 0 aromatic heterocycles. The lowest BCUT2D eigenvalue weighted by Crippen LogP contribution is -2.49. The molecule has 0 fully saturated rings. The van der Waals surface area contributed by atoms with Crippen LogP contribution in [0.1, 0.15) is 22.3 Å². The van der Waals surface area contributed by atoms with Crippen LogP contribution in [0.4, 0.5) is 13.2 Å². The normalized spacial score (nSPS) is 15.6. The molecule has 168 valence electrons. The van der Waals surface area contributed by atoms with Crippen LogP contribution in [-0.4, -0.2) is 13.9 Å². The van der Waals surface area contributed by atoms with Crippen molar-refractivity contribution in [2.24, 2.45) is 0 Å². The van der Waals surface area contributed by atoms with Gasteiger partial charge < -0.3 is 0 Å². The lowest BCUT2D eigenvalue weighted by molar-refractivity contribution is -0.0523. The molecule has 0 atom stereocenters. The molecule has 0 radical (unpaired) electrons. The third-order valence-corrected chi connectivity index (χ3v) is 10.8. The van der Waals surface area contributed by atoms with Crippen molar-refractivity contribution >= 4 is 29.6 Å². The van der Waals surface area contributed by atoms with Crippen LogP contribution in [-0.2, 0) is 0 Å². The zero-order valence-electron chi connectivity index (χ0n) is 18.7. The van der Waals surface area contributed by atoms with Gasteiger partial charge in [0.1, 0.15) is 0 Å². The van der Waals surface area contributed by atoms with Gasteiger partial charge in [-0.15, -0.1) is 0 Å². The van der Waals surface area contributed by atoms with E-state index in [0.29, 0.717) is 32.7 Å². The largest absolute Gasteiger partial charge is 0.370 e. The summed E-state index contributed by atoms with van der Waals surface area (Å²) in [5.74, 6) is -4.39. The molecule has 0 nitrogen and oxygen atoms in total. The summed E-state index contributed by atoms with van der Waals surface area (Å²) in [6.07, 6.45) is 0. The Balaban J connectivity index is 2.00. The Labute approximate surface area is 198 Å². The van der Waals surface area contributed by atoms with Crippen molar-refractivity contribution in [2.45, 2.75) is 12.3 Å². The predicted molar refractivity (Wildman–Crippen MR) is 137 cm³/mol. The van der Waals surface area contributed by atoms with E-state index in [1.165, 1.54) is 6.55 Å². The quantitative estimate of drug-likeness (QED) is 0.264. The SMILES string of the molecule is C[Si]1(C(F)(F)F)C(c2ccccc2)=C(c2ccccc2)C(c2ccccc2)=C1c1ccccc1. The Bertz CT molecular complexity index is 1260. The Morgan fingerprint density at radius 2 is 0.706 bits per heavy atom. The van der Waals surface area contributed by atoms with Gasteiger partial charge in [0, 0.05) is 0 Å². The molecule has 0 bridgehead atoms. The molecule has 0 spiro atoms. The minimum Gasteiger partial charge on any atom is -0.176 e. The van der Waals surface area contributed by atoms with Gasteiger partial charge in [-0.25, -0.2) is 0 Å². The van der Waals surface area contributed by atoms with E-state index in [-0.39, 0.29) is 0 Å². The van der Waals surface area contributed by atoms with Crippen molar-refractivity contribution in [1.82, 2.24) is 0 Å². The summed E-state index contributed by atoms with van der Waals surface area (Å²) in [6.45, 7) is 1.47. The first-order valence-electron chi connectivity index (χ1n) is 11.2. The van der Waals surface area contributed by atoms with Crippen LogP contribution in [0.15, 0.2) is 121 Å². The van der Waals surface area contributed by atoms with E-state index in [0.717, 1.165) is 11.1 Å². The molecule has 1 heterocycles. The van der Waals surface area contributed by atoms with E-state index >= 15 is 13.2 Å². The van der Waals surface area contributed by atoms with Crippen LogP contribution >= 0.6 is 0 Å². The first-order valence-corrected chi connectivity index (χ1v) is 13.7. The van der Waals surface area contributed by atoms with E-state index in [9.17, 15) is 0 Å². The third kappa shape index (κ3) is 3.55. The molecule has 0 aliphatic carbocycles. The fourth-order valence-electron chi connectivity index (χ4n) is 5.02. The summed E-state index contributed by atoms with van der Waals surface area (Å²) in [5.41, 5.74) is 4.23. The van der Waals surface area contributed by atoms with Crippen LogP contribution < -0.4 is 0 Å². The van der Waals surface area contributed by atoms with Crippen LogP contribution in [0.3, 0.4) is 0 Å². The molecule has 0 unspecified atom stereocenters. The van der Waals surface area contributed by atoms with Crippen LogP contribution in [0.25, 0.3) is 21.5 Å². The zero-order chi connectivity index (χ0) is 23.8. The smallest absolute Gasteiger partial charge is 0.176 e. The Hall–Kier alpha value is -3.63. The molecular weight excluding hydrogens is 445 g/mol. The molecule has 0 saturated heterocycles. The highest BCUT2D eigenvalue weighted by Crippen LogP contribution is 2.59. The lowest BCUT2D eigenvalue weighted by atomic mass is 9.89. The first-order chi connectivity index (χ1) is 16.4. The maximum atomic E-state index is 15.4. The predicted octanol–water partition coefficient (Wildman–Crippen LogP) is 8.48. The van der Waals surface area contributed by atoms with Crippen molar-refractivity contribution in [3.63, 3.8) is 0 Å². The summed E-state index contributed by atoms with van der Waals surface area (Å²) in [5, 5.41) is 0.842. The van der Waals surface area contributed by atoms with Gasteiger partial charge in [-0.2, -0.15) is 13.2 Å². The first kappa shape index (κ1) is 22.2. The summed E-state index contributed by atoms with van der Waals surface area (Å²) in [4.78, 5) is 0. The molecule has 0 amide bonds. The number of alkyl halides is 3. The minimum atomic E-state index is -4.39. The molecule has 5 rings (SSSR count). The number of halogens is 3. The average molecular weight is 469 g/mol. The Morgan fingerprint density at radius 3 is 0.971 bits per heavy atom. The molecule has 0 N–H and O–H groups in total. The van der Waals surface area contributed by atoms with Crippen molar-refractivity contribution in [3.05, 3.63) is 144 Å². The molecular formula is C30H23F3Si. The standard InChI is InChI=1S/C30H23F3Si/c1-34(30(31,32)33)28(24-18-10-4-11-19-24)26(22-14-6-2-7-15-22)27(23-16-8-3-9-17-23)29(34)25-20-12-5-13-21-25/h2-21H,1H3. The molecule has 1 aliphatic heterocycles. The van der Waals surface area contributed by atoms with Gasteiger partial charge in [0.2, 0.25) is 8.07 Å². The number of allylic oxidation sites excluding steroid dienone is 2. The minimum absolute atomic E-state index is 0.421. The van der Waals surface area contributed by atoms with Crippen LogP contribution in [0, 0.1) is 0 Å². The zero-order valence-corrected chi connectivity index (χ0v) is 19.7. The van der Waals surface area contributed by atoms with Crippen LogP contribution in [0.2, 0.25) is 6.55 Å². The summed E-state index contributed by atoms with van der Waals surface area (Å²) in [6, 6.07) is 37.2. The highest BCUT2D eigenvalue weighted by atomic mass is 28.3. The van der Waals surface area contributed by atoms with Crippen molar-refractivity contribution < 1.29 is 13.2 Å². The average Bonchev–Trinajstić information content (AvgIpc) is 3.16. The van der Waals surface area contributed by atoms with Crippen molar-refractivity contribution in [1.29, 1.82) is 0 Å². The van der Waals surface area contributed by atoms with E-state index in [1.54, 1.807) is 0 Å². The fourth-order valence-corrected chi connectivity index (χ4v) is 8.86. The fraction of sp³-hybridized carbons (Fsp3) is 0.0667. The van der Waals surface area contributed by atoms with E-state index in [2.05, 4.69) is 0 Å². The maximum Gasteiger partial charge on any atom is 0.370 e. The molecule has 1 aliphatic rings. The highest BCUT2D eigenvalue weighted by Gasteiger charge is 2.63. The highest BCUT2D eigenvalue weighted by molar-refractivity contribution is 7.15. The third-order valence-electron chi connectivity index (χ3n) is 6.57. The Kier molecular flexibility index (Phi) is 5.62. The molecule has 34 heavy (non-hydrogen) atoms. The van der Waals surface area contributed by atoms with E-state index in [1.807, 2.05) is 121 Å². The molecule has 4 aromatic carbocycles. The topological polar surface area (TPSA) is 0 Å². The van der Waals surface area contributed by atoms with Gasteiger partial charge in [-0.3, -0.25) is 0 Å². The van der Waals surface area contributed by atoms with Crippen molar-refractivity contribution in [2.75, 3.05) is 0 Å². The van der Waals surface area contributed by atoms with Gasteiger partial charge in [-0.1, -0.05) is 128 Å². The second-order valence-corrected chi connectivity index (χ2v) is 12.4. The van der Waals surface area contributed by atoms with Gasteiger partial charge in [-0.05, 0) is 43.8 Å². The summed E-state index contributed by atoms with van der Waals surface area (Å²) >= 11 is 0. The lowest BCUT2D eigenvalue weighted by Gasteiger charge is -2.32. The molecule has 4 aromatic rings. The van der Waals surface area contributed by atoms with E-state index < -0.39 is 13.9 Å². The summed E-state index contributed by atoms with van der Waals surface area (Å²) in [7, 11) is -4.26. The van der Waals surface area contributed by atoms with Gasteiger partial charge in [0.25, 0.3) is 0 Å². The number of hydrogen-bond acceptors (Lipinski definition) is 0. The second-order valence-electron chi connectivity index (χ2n) is 8.59. The molecule has 0 saturated carbocycles.